The van der Waals surface area contributed by atoms with Crippen LogP contribution in [0.2, 0.25) is 5.02 Å². The predicted octanol–water partition coefficient (Wildman–Crippen LogP) is 15.1. The molecule has 3 fully saturated rings. The van der Waals surface area contributed by atoms with Crippen LogP contribution in [0.1, 0.15) is 99.9 Å². The summed E-state index contributed by atoms with van der Waals surface area (Å²) in [6.07, 6.45) is 3.79. The number of tetrazole rings is 3. The lowest BCUT2D eigenvalue weighted by atomic mass is 9.80. The van der Waals surface area contributed by atoms with E-state index in [1.165, 1.54) is 40.1 Å². The molecule has 10 aromatic rings. The molecule has 0 bridgehead atoms. The minimum absolute atomic E-state index is 0. The molecule has 0 aliphatic carbocycles. The fourth-order valence-corrected chi connectivity index (χ4v) is 15.0. The third-order valence-electron chi connectivity index (χ3n) is 21.0. The summed E-state index contributed by atoms with van der Waals surface area (Å²) in [5, 5.41) is 53.4. The Hall–Kier alpha value is -10.6. The van der Waals surface area contributed by atoms with Gasteiger partial charge in [0.15, 0.2) is 17.5 Å². The highest BCUT2D eigenvalue weighted by molar-refractivity contribution is 6.30. The number of hydrogen-bond donors (Lipinski definition) is 6. The minimum Gasteiger partial charge on any atom is -0.338 e. The zero-order valence-corrected chi connectivity index (χ0v) is 64.9. The number of aryl methyl sites for hydroxylation is 6. The number of nitrogens with zero attached hydrogens (tertiary/aromatic N) is 15. The fraction of sp³-hybridized carbons (Fsp3) is 0.415. The van der Waals surface area contributed by atoms with E-state index in [4.69, 9.17) is 11.6 Å². The highest BCUT2D eigenvalue weighted by atomic mass is 35.5. The maximum absolute atomic E-state index is 13.8. The molecule has 24 nitrogen and oxygen atoms in total. The smallest absolute Gasteiger partial charge is 0.338 e. The van der Waals surface area contributed by atoms with Gasteiger partial charge in [-0.3, -0.25) is 0 Å². The van der Waals surface area contributed by atoms with E-state index >= 15 is 0 Å². The van der Waals surface area contributed by atoms with E-state index in [0.29, 0.717) is 85.3 Å². The number of rotatable bonds is 25. The molecular formula is C82H111ClF5N21O3. The molecule has 6 heterocycles. The second-order valence-corrected chi connectivity index (χ2v) is 29.4. The normalized spacial score (nSPS) is 17.4. The van der Waals surface area contributed by atoms with Gasteiger partial charge in [0.1, 0.15) is 11.6 Å². The number of amides is 6. The quantitative estimate of drug-likeness (QED) is 0.0291. The number of halogens is 6. The number of alkyl halides is 3. The SMILES string of the molecule is CCc1cc(NC(=O)NC[C@@H]2CCCN(CCc3ccc(Cl)cc3)C2)cc(-c2nnnn2C)c1.CCc1cc(NC(=O)NC[C@H]2CN(CCc3ccc(F)cc3)CC[C@@H]2C(F)(F)F)cc(-c2nnnn2C)c1.CCc1cc(NC(=O)NC[C@H]2CN(CCc3ccc(F)cc3)CC[C@@H]2c2ccccc2)cc(-c2nnnn2C)c1.[HH].[HH].[HH].[HH].[HH].[HH]. The monoisotopic (exact) mass is 1570 g/mol. The lowest BCUT2D eigenvalue weighted by Crippen LogP contribution is -2.50. The molecule has 5 atom stereocenters. The van der Waals surface area contributed by atoms with Crippen molar-refractivity contribution in [1.82, 2.24) is 91.3 Å². The van der Waals surface area contributed by atoms with Gasteiger partial charge in [0.05, 0.1) is 5.92 Å². The average molecular weight is 1570 g/mol. The van der Waals surface area contributed by atoms with Crippen molar-refractivity contribution in [1.29, 1.82) is 0 Å². The topological polar surface area (TPSA) is 264 Å². The molecule has 3 aromatic heterocycles. The van der Waals surface area contributed by atoms with Crippen molar-refractivity contribution in [2.24, 2.45) is 44.8 Å². The Labute approximate surface area is 663 Å². The highest BCUT2D eigenvalue weighted by Crippen LogP contribution is 2.39. The number of carbonyl (C=O) groups excluding carboxylic acids is 3. The van der Waals surface area contributed by atoms with E-state index in [1.54, 1.807) is 48.7 Å². The summed E-state index contributed by atoms with van der Waals surface area (Å²) >= 11 is 5.98. The summed E-state index contributed by atoms with van der Waals surface area (Å²) < 4.78 is 72.5. The second kappa shape index (κ2) is 40.0. The number of likely N-dealkylation sites (tertiary alicyclic amines) is 3. The van der Waals surface area contributed by atoms with Gasteiger partial charge in [0.25, 0.3) is 0 Å². The molecule has 6 N–H and O–H groups in total. The van der Waals surface area contributed by atoms with E-state index in [9.17, 15) is 36.3 Å². The average Bonchev–Trinajstić information content (AvgIpc) is 1.14. The van der Waals surface area contributed by atoms with Crippen LogP contribution in [0.15, 0.2) is 158 Å². The van der Waals surface area contributed by atoms with Gasteiger partial charge in [-0.15, -0.1) is 15.3 Å². The number of aromatic nitrogens is 12. The van der Waals surface area contributed by atoms with Crippen LogP contribution in [0.25, 0.3) is 34.2 Å². The van der Waals surface area contributed by atoms with Crippen LogP contribution in [0.4, 0.5) is 53.4 Å². The molecule has 0 spiro atoms. The fourth-order valence-electron chi connectivity index (χ4n) is 14.9. The van der Waals surface area contributed by atoms with Crippen LogP contribution in [-0.4, -0.2) is 178 Å². The maximum atomic E-state index is 13.8. The first kappa shape index (κ1) is 82.3. The third-order valence-corrected chi connectivity index (χ3v) is 21.2. The van der Waals surface area contributed by atoms with Crippen LogP contribution < -0.4 is 31.9 Å². The van der Waals surface area contributed by atoms with E-state index in [0.717, 1.165) is 134 Å². The zero-order chi connectivity index (χ0) is 79.1. The number of hydrogen-bond acceptors (Lipinski definition) is 15. The second-order valence-electron chi connectivity index (χ2n) is 29.0. The lowest BCUT2D eigenvalue weighted by Gasteiger charge is -2.39. The van der Waals surface area contributed by atoms with Crippen molar-refractivity contribution in [3.8, 4) is 34.2 Å². The summed E-state index contributed by atoms with van der Waals surface area (Å²) in [6.45, 7) is 14.2. The minimum atomic E-state index is -4.35. The van der Waals surface area contributed by atoms with Crippen LogP contribution in [-0.2, 0) is 59.7 Å². The van der Waals surface area contributed by atoms with Crippen molar-refractivity contribution < 1.29 is 44.9 Å². The van der Waals surface area contributed by atoms with Gasteiger partial charge < -0.3 is 46.6 Å². The van der Waals surface area contributed by atoms with Gasteiger partial charge in [-0.25, -0.2) is 37.2 Å². The number of carbonyl (C=O) groups is 3. The van der Waals surface area contributed by atoms with E-state index in [-0.39, 0.29) is 57.7 Å². The molecule has 604 valence electrons. The van der Waals surface area contributed by atoms with Crippen LogP contribution >= 0.6 is 11.6 Å². The molecule has 3 aliphatic rings. The predicted molar refractivity (Wildman–Crippen MR) is 437 cm³/mol. The molecule has 0 radical (unpaired) electrons. The van der Waals surface area contributed by atoms with Gasteiger partial charge in [0, 0.05) is 133 Å². The number of nitrogens with one attached hydrogen (secondary N) is 6. The van der Waals surface area contributed by atoms with Crippen molar-refractivity contribution in [2.75, 3.05) is 94.5 Å². The van der Waals surface area contributed by atoms with Crippen LogP contribution in [0, 0.1) is 35.3 Å². The Morgan fingerprint density at radius 3 is 1.27 bits per heavy atom. The van der Waals surface area contributed by atoms with E-state index in [2.05, 4.69) is 145 Å². The van der Waals surface area contributed by atoms with Crippen LogP contribution in [0.3, 0.4) is 0 Å². The van der Waals surface area contributed by atoms with Crippen LogP contribution in [0.5, 0.6) is 0 Å². The first-order valence-electron chi connectivity index (χ1n) is 38.4. The first-order valence-corrected chi connectivity index (χ1v) is 38.7. The number of urea groups is 3. The number of anilines is 3. The largest absolute Gasteiger partial charge is 0.392 e. The molecule has 0 saturated carbocycles. The summed E-state index contributed by atoms with van der Waals surface area (Å²) in [6, 6.07) is 47.8. The molecule has 3 aliphatic heterocycles. The van der Waals surface area contributed by atoms with Gasteiger partial charge in [0.2, 0.25) is 0 Å². The Morgan fingerprint density at radius 1 is 0.464 bits per heavy atom. The van der Waals surface area contributed by atoms with Crippen molar-refractivity contribution >= 4 is 46.8 Å². The molecule has 13 rings (SSSR count). The van der Waals surface area contributed by atoms with Gasteiger partial charge in [-0.1, -0.05) is 99.1 Å². The standard InChI is InChI=1S/C31H36FN7O.C26H31F4N7O.C25H32ClN7O.6H2/c1-3-22-17-25(30-35-36-37-38(30)2)19-28(18-22)34-31(40)33-20-26-21-39(15-13-23-9-11-27(32)12-10-23)16-14-29(26)24-7-5-4-6-8-24;1-3-17-12-19(24-33-34-35-36(24)2)14-22(13-17)32-25(38)31-15-20-16-37(11-9-23(20)26(28,29)30)10-8-18-4-6-21(27)7-5-18;1-3-18-13-21(24-29-30-31-32(24)2)15-23(14-18)28-25(34)27-16-20-5-4-11-33(17-20)12-10-19-6-8-22(26)9-7-19;;;;;;/h4-12,17-19,26,29H,3,13-16,20-21H2,1-2H3,(H2,33,34,40);4-7,12-14,20,23H,3,8-11,15-16H2,1-2H3,(H2,31,32,38);6-9,13-15,20H,3-5,10-12,16-17H2,1-2H3,(H2,27,28,34);6*1H/t26-,29+;20-,23-;20-;;;;;;/m000....../s1. The van der Waals surface area contributed by atoms with Crippen molar-refractivity contribution in [2.45, 2.75) is 97.1 Å². The lowest BCUT2D eigenvalue weighted by molar-refractivity contribution is -0.199. The Morgan fingerprint density at radius 2 is 0.857 bits per heavy atom. The molecule has 112 heavy (non-hydrogen) atoms. The van der Waals surface area contributed by atoms with Crippen molar-refractivity contribution in [3.05, 3.63) is 213 Å². The van der Waals surface area contributed by atoms with Gasteiger partial charge in [-0.2, -0.15) is 13.2 Å². The summed E-state index contributed by atoms with van der Waals surface area (Å²) in [5.41, 5.74) is 12.2. The summed E-state index contributed by atoms with van der Waals surface area (Å²) in [4.78, 5) is 45.3. The number of piperidine rings is 3. The van der Waals surface area contributed by atoms with Gasteiger partial charge in [-0.05, 0) is 263 Å². The highest BCUT2D eigenvalue weighted by Gasteiger charge is 2.47. The summed E-state index contributed by atoms with van der Waals surface area (Å²) in [5.74, 6) is 0.0963. The Kier molecular flexibility index (Phi) is 29.4. The first-order chi connectivity index (χ1) is 54.1. The Bertz CT molecular complexity index is 4700. The molecule has 0 unspecified atom stereocenters. The zero-order valence-electron chi connectivity index (χ0n) is 64.2. The third kappa shape index (κ3) is 24.2. The van der Waals surface area contributed by atoms with E-state index < -0.39 is 24.0 Å². The van der Waals surface area contributed by atoms with Crippen molar-refractivity contribution in [3.63, 3.8) is 0 Å². The Balaban J connectivity index is 0.000000308. The summed E-state index contributed by atoms with van der Waals surface area (Å²) in [7, 11) is 5.30. The molecule has 7 aromatic carbocycles. The van der Waals surface area contributed by atoms with E-state index in [1.807, 2.05) is 84.6 Å². The molecule has 30 heteroatoms. The number of benzene rings is 7. The molecular weight excluding hydrogens is 1460 g/mol. The molecule has 3 saturated heterocycles. The molecule has 6 amide bonds. The maximum Gasteiger partial charge on any atom is 0.392 e. The van der Waals surface area contributed by atoms with Gasteiger partial charge >= 0.3 is 24.3 Å².